The van der Waals surface area contributed by atoms with E-state index in [1.165, 1.54) is 18.2 Å². The number of aromatic nitrogens is 1. The summed E-state index contributed by atoms with van der Waals surface area (Å²) in [6.07, 6.45) is 3.41. The first-order chi connectivity index (χ1) is 11.0. The van der Waals surface area contributed by atoms with Crippen molar-refractivity contribution in [2.75, 3.05) is 6.61 Å². The van der Waals surface area contributed by atoms with Gasteiger partial charge in [-0.1, -0.05) is 17.9 Å². The van der Waals surface area contributed by atoms with E-state index >= 15 is 0 Å². The molecule has 0 fully saturated rings. The number of aryl methyl sites for hydroxylation is 1. The van der Waals surface area contributed by atoms with E-state index < -0.39 is 10.9 Å². The largest absolute Gasteiger partial charge is 1.00 e. The maximum Gasteiger partial charge on any atom is 0.345 e. The summed E-state index contributed by atoms with van der Waals surface area (Å²) in [5.74, 6) is 4.67. The van der Waals surface area contributed by atoms with Crippen molar-refractivity contribution in [3.8, 4) is 11.8 Å². The number of carbonyl (C=O) groups excluding carboxylic acids is 1. The molecule has 0 amide bonds. The van der Waals surface area contributed by atoms with E-state index in [0.29, 0.717) is 5.56 Å². The zero-order chi connectivity index (χ0) is 16.8. The van der Waals surface area contributed by atoms with Crippen LogP contribution in [-0.4, -0.2) is 17.5 Å². The van der Waals surface area contributed by atoms with Gasteiger partial charge in [0, 0.05) is 67.8 Å². The molecule has 7 nitrogen and oxygen atoms in total. The van der Waals surface area contributed by atoms with Crippen LogP contribution in [-0.2, 0) is 11.8 Å². The van der Waals surface area contributed by atoms with Gasteiger partial charge in [-0.15, -0.1) is 5.69 Å². The summed E-state index contributed by atoms with van der Waals surface area (Å²) >= 11 is 0. The van der Waals surface area contributed by atoms with Gasteiger partial charge < -0.3 is 11.9 Å². The molecule has 8 heteroatoms. The molecule has 0 saturated carbocycles. The molecule has 0 bridgehead atoms. The quantitative estimate of drug-likeness (QED) is 0.196. The van der Waals surface area contributed by atoms with Gasteiger partial charge in [0.05, 0.1) is 4.92 Å². The van der Waals surface area contributed by atoms with E-state index in [0.717, 1.165) is 0 Å². The fourth-order valence-electron chi connectivity index (χ4n) is 1.77. The standard InChI is InChI=1S/C16H13N3O4.Ac.H/c1-18-8-2-4-13(11-18)16(20)23-9-3-5-12-10-14(19(21)22)6-7-15(12)17;;/h2,4,6-8,10-11,17H,9H2,1H3;;/q;;-1/i;;1+2. The van der Waals surface area contributed by atoms with Gasteiger partial charge in [-0.05, 0) is 6.07 Å². The number of rotatable bonds is 3. The van der Waals surface area contributed by atoms with Gasteiger partial charge in [-0.2, -0.15) is 0 Å². The summed E-state index contributed by atoms with van der Waals surface area (Å²) < 4.78 is 6.72. The minimum absolute atomic E-state index is 0. The van der Waals surface area contributed by atoms with Crippen LogP contribution in [0.4, 0.5) is 11.4 Å². The number of nitrogens with one attached hydrogen (secondary N) is 1. The molecule has 0 spiro atoms. The summed E-state index contributed by atoms with van der Waals surface area (Å²) in [5.41, 5.74) is 8.19. The van der Waals surface area contributed by atoms with Crippen molar-refractivity contribution < 1.29 is 64.5 Å². The van der Waals surface area contributed by atoms with Gasteiger partial charge >= 0.3 is 5.97 Å². The Morgan fingerprint density at radius 1 is 1.46 bits per heavy atom. The number of hydrogen-bond donors (Lipinski definition) is 0. The van der Waals surface area contributed by atoms with Crippen molar-refractivity contribution in [3.63, 3.8) is 0 Å². The zero-order valence-electron chi connectivity index (χ0n) is 13.9. The monoisotopic (exact) mass is 541 g/mol. The number of esters is 1. The van der Waals surface area contributed by atoms with E-state index in [2.05, 4.69) is 11.8 Å². The molecule has 0 aliphatic carbocycles. The third-order valence-electron chi connectivity index (χ3n) is 2.89. The molecule has 2 rings (SSSR count). The first-order valence-electron chi connectivity index (χ1n) is 6.58. The van der Waals surface area contributed by atoms with Gasteiger partial charge in [-0.25, -0.2) is 9.36 Å². The molecule has 1 radical (unpaired) electrons. The minimum atomic E-state index is -0.556. The fourth-order valence-corrected chi connectivity index (χ4v) is 1.77. The third kappa shape index (κ3) is 5.59. The van der Waals surface area contributed by atoms with Gasteiger partial charge in [0.15, 0.2) is 19.0 Å². The molecule has 1 N–H and O–H groups in total. The second kappa shape index (κ2) is 9.36. The molecule has 121 valence electrons. The SMILES string of the molecule is C[n+]1cccc(C(=O)OCC#Cc2cc([N+](=O)[O-])ccc2[NH-])c1.[3H-].[Ac]. The number of nitrogens with zero attached hydrogens (tertiary/aromatic N) is 2. The van der Waals surface area contributed by atoms with Crippen LogP contribution in [0.25, 0.3) is 5.73 Å². The zero-order valence-corrected chi connectivity index (χ0v) is 17.6. The molecule has 0 atom stereocenters. The Balaban J connectivity index is 0.00000288. The van der Waals surface area contributed by atoms with E-state index in [-0.39, 0.29) is 69.0 Å². The number of benzene rings is 1. The van der Waals surface area contributed by atoms with Crippen molar-refractivity contribution >= 4 is 17.3 Å². The van der Waals surface area contributed by atoms with Crippen molar-refractivity contribution in [2.24, 2.45) is 7.05 Å². The Morgan fingerprint density at radius 2 is 2.21 bits per heavy atom. The minimum Gasteiger partial charge on any atom is -1.00 e. The number of pyridine rings is 1. The summed E-state index contributed by atoms with van der Waals surface area (Å²) in [6.45, 7) is -0.167. The molecule has 1 aromatic carbocycles. The van der Waals surface area contributed by atoms with Crippen molar-refractivity contribution in [2.45, 2.75) is 0 Å². The van der Waals surface area contributed by atoms with E-state index in [4.69, 9.17) is 10.5 Å². The number of carbonyl (C=O) groups is 1. The van der Waals surface area contributed by atoms with Crippen LogP contribution >= 0.6 is 0 Å². The van der Waals surface area contributed by atoms with Crippen LogP contribution in [0.1, 0.15) is 17.3 Å². The van der Waals surface area contributed by atoms with Crippen molar-refractivity contribution in [3.05, 3.63) is 69.7 Å². The second-order valence-electron chi connectivity index (χ2n) is 4.62. The predicted molar refractivity (Wildman–Crippen MR) is 83.0 cm³/mol. The van der Waals surface area contributed by atoms with Crippen molar-refractivity contribution in [1.29, 1.82) is 0 Å². The summed E-state index contributed by atoms with van der Waals surface area (Å²) in [7, 11) is 1.79. The van der Waals surface area contributed by atoms with Crippen LogP contribution in [0.2, 0.25) is 0 Å². The maximum absolute atomic E-state index is 11.8. The van der Waals surface area contributed by atoms with Crippen molar-refractivity contribution in [1.82, 2.24) is 0 Å². The van der Waals surface area contributed by atoms with E-state index in [1.54, 1.807) is 36.1 Å². The molecule has 2 aromatic rings. The Hall–Kier alpha value is -1.96. The van der Waals surface area contributed by atoms with E-state index in [1.807, 2.05) is 0 Å². The first kappa shape index (κ1) is 20.1. The predicted octanol–water partition coefficient (Wildman–Crippen LogP) is 2.42. The molecule has 0 saturated heterocycles. The Kier molecular flexibility index (Phi) is 7.84. The fraction of sp³-hybridized carbons (Fsp3) is 0.125. The molecular formula is C16H14AcN3O4-. The number of ether oxygens (including phenoxy) is 1. The van der Waals surface area contributed by atoms with Gasteiger partial charge in [-0.3, -0.25) is 10.1 Å². The summed E-state index contributed by atoms with van der Waals surface area (Å²) in [5, 5.41) is 10.7. The molecule has 0 aliphatic rings. The third-order valence-corrected chi connectivity index (χ3v) is 2.89. The molecular weight excluding hydrogens is 525 g/mol. The normalized spacial score (nSPS) is 9.21. The van der Waals surface area contributed by atoms with Crippen LogP contribution in [0, 0.1) is 66.0 Å². The average molecular weight is 541 g/mol. The Labute approximate surface area is 176 Å². The number of hydrogen-bond acceptors (Lipinski definition) is 4. The second-order valence-corrected chi connectivity index (χ2v) is 4.62. The number of nitro groups is 1. The van der Waals surface area contributed by atoms with Gasteiger partial charge in [0.1, 0.15) is 12.6 Å². The number of nitro benzene ring substituents is 1. The molecule has 0 unspecified atom stereocenters. The average Bonchev–Trinajstić information content (AvgIpc) is 2.52. The number of non-ortho nitro benzene ring substituents is 1. The smallest absolute Gasteiger partial charge is 0.345 e. The molecule has 1 aromatic heterocycles. The topological polar surface area (TPSA) is 97.1 Å². The Bertz CT molecular complexity index is 834. The van der Waals surface area contributed by atoms with Crippen LogP contribution in [0.5, 0.6) is 0 Å². The summed E-state index contributed by atoms with van der Waals surface area (Å²) in [6, 6.07) is 7.10. The van der Waals surface area contributed by atoms with Crippen LogP contribution in [0.15, 0.2) is 42.7 Å². The van der Waals surface area contributed by atoms with Gasteiger partial charge in [0.2, 0.25) is 0 Å². The molecule has 24 heavy (non-hydrogen) atoms. The molecule has 1 heterocycles. The van der Waals surface area contributed by atoms with E-state index in [9.17, 15) is 14.9 Å². The Morgan fingerprint density at radius 3 is 2.88 bits per heavy atom. The van der Waals surface area contributed by atoms with Crippen LogP contribution < -0.4 is 4.57 Å². The summed E-state index contributed by atoms with van der Waals surface area (Å²) in [4.78, 5) is 21.9. The maximum atomic E-state index is 11.8. The first-order valence-corrected chi connectivity index (χ1v) is 6.58. The van der Waals surface area contributed by atoms with Crippen LogP contribution in [0.3, 0.4) is 0 Å². The van der Waals surface area contributed by atoms with Gasteiger partial charge in [0.25, 0.3) is 5.69 Å². The molecule has 0 aliphatic heterocycles.